The fourth-order valence-electron chi connectivity index (χ4n) is 3.02. The Labute approximate surface area is 135 Å². The van der Waals surface area contributed by atoms with Gasteiger partial charge in [-0.15, -0.1) is 0 Å². The first-order chi connectivity index (χ1) is 11.2. The Balaban J connectivity index is 1.54. The van der Waals surface area contributed by atoms with Crippen LogP contribution in [-0.4, -0.2) is 55.1 Å². The number of pyridine rings is 1. The Hall–Kier alpha value is -1.86. The highest BCUT2D eigenvalue weighted by molar-refractivity contribution is 5.08. The van der Waals surface area contributed by atoms with E-state index in [9.17, 15) is 9.50 Å². The molecule has 0 saturated carbocycles. The van der Waals surface area contributed by atoms with Crippen LogP contribution in [0.25, 0.3) is 0 Å². The maximum absolute atomic E-state index is 12.5. The van der Waals surface area contributed by atoms with Crippen LogP contribution >= 0.6 is 0 Å². The van der Waals surface area contributed by atoms with E-state index in [1.165, 1.54) is 6.33 Å². The summed E-state index contributed by atoms with van der Waals surface area (Å²) in [5, 5.41) is 14.8. The smallest absolute Gasteiger partial charge is 0.141 e. The highest BCUT2D eigenvalue weighted by Gasteiger charge is 2.33. The molecule has 1 aliphatic heterocycles. The SMILES string of the molecule is OC1(Cc2ccccn2)CCN(Cc2ncnn2CCF)CC1. The first-order valence-corrected chi connectivity index (χ1v) is 7.96. The molecule has 1 aliphatic rings. The second kappa shape index (κ2) is 7.14. The van der Waals surface area contributed by atoms with Crippen molar-refractivity contribution in [3.63, 3.8) is 0 Å². The van der Waals surface area contributed by atoms with E-state index in [4.69, 9.17) is 0 Å². The molecule has 0 radical (unpaired) electrons. The van der Waals surface area contributed by atoms with E-state index in [0.29, 0.717) is 25.8 Å². The second-order valence-corrected chi connectivity index (χ2v) is 6.09. The summed E-state index contributed by atoms with van der Waals surface area (Å²) in [7, 11) is 0. The van der Waals surface area contributed by atoms with E-state index in [0.717, 1.165) is 24.6 Å². The summed E-state index contributed by atoms with van der Waals surface area (Å²) >= 11 is 0. The number of hydrogen-bond acceptors (Lipinski definition) is 5. The molecule has 2 aromatic heterocycles. The molecule has 2 aromatic rings. The molecular formula is C16H22FN5O. The molecule has 1 saturated heterocycles. The molecule has 0 amide bonds. The second-order valence-electron chi connectivity index (χ2n) is 6.09. The third-order valence-electron chi connectivity index (χ3n) is 4.38. The summed E-state index contributed by atoms with van der Waals surface area (Å²) in [5.74, 6) is 0.776. The van der Waals surface area contributed by atoms with Crippen LogP contribution < -0.4 is 0 Å². The third kappa shape index (κ3) is 4.11. The van der Waals surface area contributed by atoms with E-state index < -0.39 is 12.3 Å². The zero-order valence-corrected chi connectivity index (χ0v) is 13.1. The van der Waals surface area contributed by atoms with Gasteiger partial charge in [-0.25, -0.2) is 14.1 Å². The minimum Gasteiger partial charge on any atom is -0.389 e. The number of rotatable bonds is 6. The summed E-state index contributed by atoms with van der Waals surface area (Å²) in [5.41, 5.74) is 0.225. The maximum Gasteiger partial charge on any atom is 0.141 e. The summed E-state index contributed by atoms with van der Waals surface area (Å²) in [6.45, 7) is 2.00. The Bertz CT molecular complexity index is 610. The van der Waals surface area contributed by atoms with Crippen molar-refractivity contribution in [3.05, 3.63) is 42.2 Å². The predicted octanol–water partition coefficient (Wildman–Crippen LogP) is 1.21. The highest BCUT2D eigenvalue weighted by Crippen LogP contribution is 2.26. The van der Waals surface area contributed by atoms with Crippen molar-refractivity contribution in [1.29, 1.82) is 0 Å². The standard InChI is InChI=1S/C16H22FN5O/c17-6-10-22-15(19-13-20-22)12-21-8-4-16(23,5-9-21)11-14-3-1-2-7-18-14/h1-3,7,13,23H,4-6,8-12H2. The average molecular weight is 319 g/mol. The van der Waals surface area contributed by atoms with Crippen molar-refractivity contribution in [2.45, 2.75) is 38.0 Å². The van der Waals surface area contributed by atoms with Gasteiger partial charge in [-0.1, -0.05) is 6.07 Å². The number of nitrogens with zero attached hydrogens (tertiary/aromatic N) is 5. The molecule has 7 heteroatoms. The minimum atomic E-state index is -0.697. The molecule has 1 N–H and O–H groups in total. The van der Waals surface area contributed by atoms with Gasteiger partial charge in [0.1, 0.15) is 18.8 Å². The lowest BCUT2D eigenvalue weighted by molar-refractivity contribution is -0.0238. The molecule has 6 nitrogen and oxygen atoms in total. The van der Waals surface area contributed by atoms with Gasteiger partial charge in [0.2, 0.25) is 0 Å². The van der Waals surface area contributed by atoms with Gasteiger partial charge in [0.15, 0.2) is 0 Å². The van der Waals surface area contributed by atoms with Crippen LogP contribution in [0.4, 0.5) is 4.39 Å². The number of halogens is 1. The topological polar surface area (TPSA) is 67.1 Å². The highest BCUT2D eigenvalue weighted by atomic mass is 19.1. The predicted molar refractivity (Wildman–Crippen MR) is 83.4 cm³/mol. The van der Waals surface area contributed by atoms with Crippen LogP contribution in [0.1, 0.15) is 24.4 Å². The number of hydrogen-bond donors (Lipinski definition) is 1. The Morgan fingerprint density at radius 1 is 1.22 bits per heavy atom. The summed E-state index contributed by atoms with van der Waals surface area (Å²) in [4.78, 5) is 10.7. The van der Waals surface area contributed by atoms with Crippen molar-refractivity contribution >= 4 is 0 Å². The number of piperidine rings is 1. The van der Waals surface area contributed by atoms with Crippen LogP contribution in [0.3, 0.4) is 0 Å². The Morgan fingerprint density at radius 3 is 2.74 bits per heavy atom. The van der Waals surface area contributed by atoms with E-state index in [-0.39, 0.29) is 6.54 Å². The fraction of sp³-hybridized carbons (Fsp3) is 0.562. The van der Waals surface area contributed by atoms with Gasteiger partial charge in [-0.2, -0.15) is 5.10 Å². The summed E-state index contributed by atoms with van der Waals surface area (Å²) in [6, 6.07) is 5.77. The fourth-order valence-corrected chi connectivity index (χ4v) is 3.02. The van der Waals surface area contributed by atoms with Gasteiger partial charge in [0.25, 0.3) is 0 Å². The van der Waals surface area contributed by atoms with E-state index >= 15 is 0 Å². The number of likely N-dealkylation sites (tertiary alicyclic amines) is 1. The van der Waals surface area contributed by atoms with E-state index in [1.54, 1.807) is 10.9 Å². The van der Waals surface area contributed by atoms with E-state index in [1.807, 2.05) is 18.2 Å². The van der Waals surface area contributed by atoms with Gasteiger partial charge in [0, 0.05) is 31.4 Å². The zero-order chi connectivity index (χ0) is 16.1. The van der Waals surface area contributed by atoms with Crippen LogP contribution in [-0.2, 0) is 19.5 Å². The molecule has 0 atom stereocenters. The average Bonchev–Trinajstić information content (AvgIpc) is 2.98. The van der Waals surface area contributed by atoms with Gasteiger partial charge >= 0.3 is 0 Å². The first-order valence-electron chi connectivity index (χ1n) is 7.96. The molecular weight excluding hydrogens is 297 g/mol. The minimum absolute atomic E-state index is 0.243. The van der Waals surface area contributed by atoms with Crippen LogP contribution in [0, 0.1) is 0 Å². The van der Waals surface area contributed by atoms with Crippen LogP contribution in [0.15, 0.2) is 30.7 Å². The molecule has 1 fully saturated rings. The maximum atomic E-state index is 12.5. The summed E-state index contributed by atoms with van der Waals surface area (Å²) < 4.78 is 14.1. The first kappa shape index (κ1) is 16.0. The lowest BCUT2D eigenvalue weighted by Gasteiger charge is -2.37. The lowest BCUT2D eigenvalue weighted by atomic mass is 9.87. The van der Waals surface area contributed by atoms with Crippen molar-refractivity contribution in [2.24, 2.45) is 0 Å². The molecule has 0 aromatic carbocycles. The Kier molecular flexibility index (Phi) is 4.97. The molecule has 0 unspecified atom stereocenters. The number of alkyl halides is 1. The normalized spacial score (nSPS) is 18.2. The number of aliphatic hydroxyl groups is 1. The van der Waals surface area contributed by atoms with Crippen molar-refractivity contribution < 1.29 is 9.50 Å². The van der Waals surface area contributed by atoms with Gasteiger partial charge in [-0.05, 0) is 25.0 Å². The third-order valence-corrected chi connectivity index (χ3v) is 4.38. The molecule has 3 heterocycles. The van der Waals surface area contributed by atoms with Crippen LogP contribution in [0.2, 0.25) is 0 Å². The van der Waals surface area contributed by atoms with Crippen molar-refractivity contribution in [3.8, 4) is 0 Å². The van der Waals surface area contributed by atoms with Crippen molar-refractivity contribution in [2.75, 3.05) is 19.8 Å². The Morgan fingerprint density at radius 2 is 2.04 bits per heavy atom. The lowest BCUT2D eigenvalue weighted by Crippen LogP contribution is -2.45. The van der Waals surface area contributed by atoms with E-state index in [2.05, 4.69) is 20.0 Å². The molecule has 23 heavy (non-hydrogen) atoms. The number of aromatic nitrogens is 4. The number of aryl methyl sites for hydroxylation is 1. The van der Waals surface area contributed by atoms with Gasteiger partial charge < -0.3 is 5.11 Å². The van der Waals surface area contributed by atoms with Crippen LogP contribution in [0.5, 0.6) is 0 Å². The zero-order valence-electron chi connectivity index (χ0n) is 13.1. The molecule has 0 bridgehead atoms. The quantitative estimate of drug-likeness (QED) is 0.867. The molecule has 0 spiro atoms. The monoisotopic (exact) mass is 319 g/mol. The molecule has 3 rings (SSSR count). The van der Waals surface area contributed by atoms with Gasteiger partial charge in [-0.3, -0.25) is 9.88 Å². The summed E-state index contributed by atoms with van der Waals surface area (Å²) in [6.07, 6.45) is 5.19. The molecule has 0 aliphatic carbocycles. The van der Waals surface area contributed by atoms with Crippen molar-refractivity contribution in [1.82, 2.24) is 24.6 Å². The molecule has 124 valence electrons. The van der Waals surface area contributed by atoms with Gasteiger partial charge in [0.05, 0.1) is 18.7 Å². The largest absolute Gasteiger partial charge is 0.389 e.